The Kier molecular flexibility index (Phi) is 6.37. The molecule has 0 bridgehead atoms. The molecule has 1 fully saturated rings. The quantitative estimate of drug-likeness (QED) is 0.776. The molecule has 0 unspecified atom stereocenters. The topological polar surface area (TPSA) is 66.5 Å². The second-order valence-electron chi connectivity index (χ2n) is 6.96. The van der Waals surface area contributed by atoms with E-state index < -0.39 is 10.0 Å². The molecule has 0 saturated carbocycles. The number of sulfonamides is 1. The predicted octanol–water partition coefficient (Wildman–Crippen LogP) is 3.36. The molecule has 26 heavy (non-hydrogen) atoms. The smallest absolute Gasteiger partial charge is 0.243 e. The molecule has 5 nitrogen and oxygen atoms in total. The highest BCUT2D eigenvalue weighted by molar-refractivity contribution is 7.89. The molecular weight excluding hydrogens is 372 g/mol. The lowest BCUT2D eigenvalue weighted by Crippen LogP contribution is -2.43. The molecule has 0 atom stereocenters. The number of carbonyl (C=O) groups is 1. The van der Waals surface area contributed by atoms with E-state index in [1.165, 1.54) is 34.9 Å². The molecule has 1 aliphatic carbocycles. The fourth-order valence-electron chi connectivity index (χ4n) is 3.52. The number of amides is 1. The molecule has 1 aromatic carbocycles. The van der Waals surface area contributed by atoms with Crippen LogP contribution in [0.2, 0.25) is 5.02 Å². The second-order valence-corrected chi connectivity index (χ2v) is 9.33. The normalized spacial score (nSPS) is 19.8. The summed E-state index contributed by atoms with van der Waals surface area (Å²) in [5.74, 6) is -0.0733. The molecule has 1 amide bonds. The van der Waals surface area contributed by atoms with Gasteiger partial charge in [-0.3, -0.25) is 4.79 Å². The van der Waals surface area contributed by atoms with Crippen molar-refractivity contribution in [3.05, 3.63) is 40.9 Å². The van der Waals surface area contributed by atoms with Gasteiger partial charge in [0.05, 0.1) is 4.90 Å². The Bertz CT molecular complexity index is 766. The number of hydrogen-bond donors (Lipinski definition) is 1. The average molecular weight is 397 g/mol. The average Bonchev–Trinajstić information content (AvgIpc) is 2.67. The fraction of sp³-hybridized carbons (Fsp3) is 0.526. The van der Waals surface area contributed by atoms with Crippen molar-refractivity contribution in [2.45, 2.75) is 43.4 Å². The van der Waals surface area contributed by atoms with Crippen LogP contribution in [0.5, 0.6) is 0 Å². The number of rotatable bonds is 5. The Morgan fingerprint density at radius 3 is 2.46 bits per heavy atom. The minimum atomic E-state index is -3.52. The van der Waals surface area contributed by atoms with Gasteiger partial charge in [-0.25, -0.2) is 8.42 Å². The fourth-order valence-corrected chi connectivity index (χ4v) is 5.12. The number of benzene rings is 1. The first-order valence-electron chi connectivity index (χ1n) is 9.18. The van der Waals surface area contributed by atoms with Gasteiger partial charge in [0.1, 0.15) is 0 Å². The van der Waals surface area contributed by atoms with E-state index in [2.05, 4.69) is 11.4 Å². The molecule has 1 aromatic rings. The van der Waals surface area contributed by atoms with Crippen molar-refractivity contribution in [2.75, 3.05) is 19.6 Å². The van der Waals surface area contributed by atoms with Crippen molar-refractivity contribution in [1.29, 1.82) is 0 Å². The van der Waals surface area contributed by atoms with E-state index >= 15 is 0 Å². The summed E-state index contributed by atoms with van der Waals surface area (Å²) in [5.41, 5.74) is 1.31. The molecule has 1 saturated heterocycles. The van der Waals surface area contributed by atoms with Gasteiger partial charge in [0.2, 0.25) is 15.9 Å². The van der Waals surface area contributed by atoms with E-state index in [1.807, 2.05) is 0 Å². The van der Waals surface area contributed by atoms with E-state index in [0.29, 0.717) is 37.5 Å². The maximum absolute atomic E-state index is 12.7. The van der Waals surface area contributed by atoms with Crippen LogP contribution in [0.4, 0.5) is 0 Å². The summed E-state index contributed by atoms with van der Waals surface area (Å²) < 4.78 is 26.8. The van der Waals surface area contributed by atoms with Crippen LogP contribution in [0.15, 0.2) is 40.8 Å². The second kappa shape index (κ2) is 8.55. The molecule has 2 aliphatic rings. The first-order chi connectivity index (χ1) is 12.5. The highest BCUT2D eigenvalue weighted by Crippen LogP contribution is 2.25. The van der Waals surface area contributed by atoms with Crippen LogP contribution >= 0.6 is 11.6 Å². The van der Waals surface area contributed by atoms with Gasteiger partial charge in [-0.1, -0.05) is 23.3 Å². The Morgan fingerprint density at radius 2 is 1.85 bits per heavy atom. The molecule has 7 heteroatoms. The minimum absolute atomic E-state index is 0.0417. The van der Waals surface area contributed by atoms with Gasteiger partial charge in [-0.2, -0.15) is 4.31 Å². The Hall–Kier alpha value is -1.37. The number of carbonyl (C=O) groups excluding carboxylic acids is 1. The maximum atomic E-state index is 12.7. The Morgan fingerprint density at radius 1 is 1.15 bits per heavy atom. The lowest BCUT2D eigenvalue weighted by atomic mass is 9.96. The van der Waals surface area contributed by atoms with E-state index in [-0.39, 0.29) is 16.7 Å². The van der Waals surface area contributed by atoms with Crippen molar-refractivity contribution in [3.8, 4) is 0 Å². The van der Waals surface area contributed by atoms with E-state index in [1.54, 1.807) is 12.1 Å². The highest BCUT2D eigenvalue weighted by Gasteiger charge is 2.32. The largest absolute Gasteiger partial charge is 0.352 e. The summed E-state index contributed by atoms with van der Waals surface area (Å²) in [6, 6.07) is 6.20. The Balaban J connectivity index is 1.52. The zero-order chi connectivity index (χ0) is 18.6. The van der Waals surface area contributed by atoms with Crippen LogP contribution in [0.3, 0.4) is 0 Å². The molecule has 3 rings (SSSR count). The monoisotopic (exact) mass is 396 g/mol. The van der Waals surface area contributed by atoms with Gasteiger partial charge in [-0.05, 0) is 62.8 Å². The lowest BCUT2D eigenvalue weighted by Gasteiger charge is -2.30. The predicted molar refractivity (Wildman–Crippen MR) is 102 cm³/mol. The zero-order valence-electron chi connectivity index (χ0n) is 14.8. The number of nitrogens with zero attached hydrogens (tertiary/aromatic N) is 1. The molecular formula is C19H25ClN2O3S. The first-order valence-corrected chi connectivity index (χ1v) is 11.0. The van der Waals surface area contributed by atoms with Gasteiger partial charge < -0.3 is 5.32 Å². The molecule has 1 heterocycles. The van der Waals surface area contributed by atoms with Crippen LogP contribution < -0.4 is 5.32 Å². The number of nitrogens with one attached hydrogen (secondary N) is 1. The molecule has 0 spiro atoms. The van der Waals surface area contributed by atoms with Gasteiger partial charge in [0.25, 0.3) is 0 Å². The summed E-state index contributed by atoms with van der Waals surface area (Å²) in [7, 11) is -3.52. The zero-order valence-corrected chi connectivity index (χ0v) is 16.4. The number of piperidine rings is 1. The summed E-state index contributed by atoms with van der Waals surface area (Å²) in [6.07, 6.45) is 7.94. The van der Waals surface area contributed by atoms with Gasteiger partial charge in [0, 0.05) is 30.6 Å². The summed E-state index contributed by atoms with van der Waals surface area (Å²) >= 11 is 5.83. The molecule has 0 radical (unpaired) electrons. The lowest BCUT2D eigenvalue weighted by molar-refractivity contribution is -0.125. The van der Waals surface area contributed by atoms with Crippen molar-refractivity contribution in [1.82, 2.24) is 9.62 Å². The molecule has 1 aliphatic heterocycles. The number of allylic oxidation sites excluding steroid dienone is 1. The third-order valence-electron chi connectivity index (χ3n) is 5.15. The maximum Gasteiger partial charge on any atom is 0.243 e. The van der Waals surface area contributed by atoms with Crippen LogP contribution in [0, 0.1) is 5.92 Å². The number of halogens is 1. The van der Waals surface area contributed by atoms with Crippen LogP contribution in [-0.2, 0) is 14.8 Å². The Labute approximate surface area is 160 Å². The third kappa shape index (κ3) is 4.67. The van der Waals surface area contributed by atoms with Crippen molar-refractivity contribution in [3.63, 3.8) is 0 Å². The highest BCUT2D eigenvalue weighted by atomic mass is 35.5. The van der Waals surface area contributed by atoms with Crippen LogP contribution in [0.25, 0.3) is 0 Å². The van der Waals surface area contributed by atoms with E-state index in [9.17, 15) is 13.2 Å². The van der Waals surface area contributed by atoms with Crippen LogP contribution in [0.1, 0.15) is 38.5 Å². The summed E-state index contributed by atoms with van der Waals surface area (Å²) in [5, 5.41) is 3.53. The SMILES string of the molecule is O=C(NCC1=CCCCC1)C1CCN(S(=O)(=O)c2ccc(Cl)cc2)CC1. The number of hydrogen-bond acceptors (Lipinski definition) is 3. The van der Waals surface area contributed by atoms with Crippen molar-refractivity contribution in [2.24, 2.45) is 5.92 Å². The van der Waals surface area contributed by atoms with Gasteiger partial charge >= 0.3 is 0 Å². The van der Waals surface area contributed by atoms with Crippen molar-refractivity contribution < 1.29 is 13.2 Å². The molecule has 0 aromatic heterocycles. The van der Waals surface area contributed by atoms with E-state index in [4.69, 9.17) is 11.6 Å². The molecule has 142 valence electrons. The van der Waals surface area contributed by atoms with E-state index in [0.717, 1.165) is 12.8 Å². The van der Waals surface area contributed by atoms with Crippen molar-refractivity contribution >= 4 is 27.5 Å². The van der Waals surface area contributed by atoms with Crippen LogP contribution in [-0.4, -0.2) is 38.3 Å². The summed E-state index contributed by atoms with van der Waals surface area (Å²) in [6.45, 7) is 1.36. The standard InChI is InChI=1S/C19H25ClN2O3S/c20-17-6-8-18(9-7-17)26(24,25)22-12-10-16(11-13-22)19(23)21-14-15-4-2-1-3-5-15/h4,6-9,16H,1-3,5,10-14H2,(H,21,23). The van der Waals surface area contributed by atoms with Gasteiger partial charge in [-0.15, -0.1) is 0 Å². The summed E-state index contributed by atoms with van der Waals surface area (Å²) in [4.78, 5) is 12.6. The van der Waals surface area contributed by atoms with Gasteiger partial charge in [0.15, 0.2) is 0 Å². The molecule has 1 N–H and O–H groups in total. The first kappa shape index (κ1) is 19.4. The third-order valence-corrected chi connectivity index (χ3v) is 7.32. The minimum Gasteiger partial charge on any atom is -0.352 e.